The molecule has 0 aliphatic carbocycles. The number of anilines is 3. The third-order valence-corrected chi connectivity index (χ3v) is 9.70. The molecule has 0 N–H and O–H groups in total. The van der Waals surface area contributed by atoms with Crippen LogP contribution in [-0.2, 0) is 0 Å². The summed E-state index contributed by atoms with van der Waals surface area (Å²) < 4.78 is 13.1. The molecule has 0 amide bonds. The van der Waals surface area contributed by atoms with Gasteiger partial charge in [-0.1, -0.05) is 133 Å². The predicted molar refractivity (Wildman–Crippen MR) is 210 cm³/mol. The molecule has 0 aliphatic rings. The van der Waals surface area contributed by atoms with Crippen molar-refractivity contribution >= 4 is 60.9 Å². The number of benzene rings is 8. The number of fused-ring (bicyclic) bond motifs is 5. The third-order valence-electron chi connectivity index (χ3n) is 9.70. The highest BCUT2D eigenvalue weighted by atomic mass is 16.4. The van der Waals surface area contributed by atoms with Gasteiger partial charge in [0.2, 0.25) is 5.89 Å². The molecule has 0 atom stereocenters. The Balaban J connectivity index is 1.16. The zero-order valence-corrected chi connectivity index (χ0v) is 27.5. The predicted octanol–water partition coefficient (Wildman–Crippen LogP) is 13.4. The molecule has 10 rings (SSSR count). The van der Waals surface area contributed by atoms with E-state index in [9.17, 15) is 0 Å². The van der Waals surface area contributed by atoms with Gasteiger partial charge in [0.1, 0.15) is 11.1 Å². The van der Waals surface area contributed by atoms with Crippen molar-refractivity contribution in [3.63, 3.8) is 0 Å². The van der Waals surface area contributed by atoms with E-state index in [1.807, 2.05) is 36.4 Å². The SMILES string of the molecule is c1ccc(-c2nc3cc4oc5c(N(c6ccc(-c7cccc8ccccc78)cc6)c6ccccc6-c6ccccc6)cccc5c4cc3o2)cc1. The molecule has 0 spiro atoms. The van der Waals surface area contributed by atoms with E-state index in [2.05, 4.69) is 150 Å². The van der Waals surface area contributed by atoms with Crippen LogP contribution < -0.4 is 4.90 Å². The van der Waals surface area contributed by atoms with Crippen LogP contribution in [0.5, 0.6) is 0 Å². The second-order valence-electron chi connectivity index (χ2n) is 12.7. The fourth-order valence-corrected chi connectivity index (χ4v) is 7.29. The maximum Gasteiger partial charge on any atom is 0.227 e. The monoisotopic (exact) mass is 654 g/mol. The second-order valence-corrected chi connectivity index (χ2v) is 12.7. The molecule has 4 nitrogen and oxygen atoms in total. The van der Waals surface area contributed by atoms with E-state index in [1.54, 1.807) is 0 Å². The summed E-state index contributed by atoms with van der Waals surface area (Å²) in [5, 5.41) is 4.46. The number of para-hydroxylation sites is 2. The Labute approximate surface area is 294 Å². The van der Waals surface area contributed by atoms with E-state index < -0.39 is 0 Å². The number of rotatable bonds is 6. The molecule has 0 aliphatic heterocycles. The van der Waals surface area contributed by atoms with Gasteiger partial charge in [0.25, 0.3) is 0 Å². The molecule has 51 heavy (non-hydrogen) atoms. The van der Waals surface area contributed by atoms with E-state index in [-0.39, 0.29) is 0 Å². The zero-order valence-electron chi connectivity index (χ0n) is 27.5. The summed E-state index contributed by atoms with van der Waals surface area (Å²) in [6.45, 7) is 0. The molecule has 240 valence electrons. The van der Waals surface area contributed by atoms with E-state index >= 15 is 0 Å². The standard InChI is InChI=1S/C47H30N2O2/c1-3-13-32(14-4-1)38-20-9-10-23-42(38)49(35-27-25-33(26-28-35)37-21-11-18-31-15-7-8-19-36(31)37)43-24-12-22-39-40-29-45-41(30-44(40)50-46(39)43)48-47(51-45)34-16-5-2-6-17-34/h1-30H. The van der Waals surface area contributed by atoms with Gasteiger partial charge in [-0.2, -0.15) is 0 Å². The summed E-state index contributed by atoms with van der Waals surface area (Å²) in [4.78, 5) is 7.13. The lowest BCUT2D eigenvalue weighted by Gasteiger charge is -2.28. The average molecular weight is 655 g/mol. The Morgan fingerprint density at radius 3 is 1.88 bits per heavy atom. The van der Waals surface area contributed by atoms with Gasteiger partial charge in [-0.3, -0.25) is 0 Å². The van der Waals surface area contributed by atoms with Crippen LogP contribution in [0.15, 0.2) is 191 Å². The summed E-state index contributed by atoms with van der Waals surface area (Å²) in [6, 6.07) is 63.4. The van der Waals surface area contributed by atoms with Gasteiger partial charge in [0.15, 0.2) is 11.2 Å². The minimum absolute atomic E-state index is 0.596. The molecule has 8 aromatic carbocycles. The normalized spacial score (nSPS) is 11.5. The van der Waals surface area contributed by atoms with Crippen LogP contribution in [-0.4, -0.2) is 4.98 Å². The first-order chi connectivity index (χ1) is 25.3. The van der Waals surface area contributed by atoms with Crippen LogP contribution in [0.2, 0.25) is 0 Å². The van der Waals surface area contributed by atoms with E-state index in [0.717, 1.165) is 66.8 Å². The van der Waals surface area contributed by atoms with E-state index in [1.165, 1.54) is 21.9 Å². The van der Waals surface area contributed by atoms with Crippen LogP contribution >= 0.6 is 0 Å². The van der Waals surface area contributed by atoms with Crippen molar-refractivity contribution in [2.24, 2.45) is 0 Å². The molecule has 0 saturated heterocycles. The third kappa shape index (κ3) is 4.96. The largest absolute Gasteiger partial charge is 0.454 e. The fourth-order valence-electron chi connectivity index (χ4n) is 7.29. The number of hydrogen-bond donors (Lipinski definition) is 0. The first-order valence-electron chi connectivity index (χ1n) is 17.1. The van der Waals surface area contributed by atoms with Crippen LogP contribution in [0.3, 0.4) is 0 Å². The molecule has 2 heterocycles. The Morgan fingerprint density at radius 1 is 0.412 bits per heavy atom. The van der Waals surface area contributed by atoms with Gasteiger partial charge in [0.05, 0.1) is 11.4 Å². The molecule has 0 unspecified atom stereocenters. The van der Waals surface area contributed by atoms with Crippen LogP contribution in [0.1, 0.15) is 0 Å². The Morgan fingerprint density at radius 2 is 1.04 bits per heavy atom. The van der Waals surface area contributed by atoms with Crippen molar-refractivity contribution in [3.8, 4) is 33.7 Å². The van der Waals surface area contributed by atoms with Crippen molar-refractivity contribution in [1.82, 2.24) is 4.98 Å². The van der Waals surface area contributed by atoms with Crippen LogP contribution in [0.25, 0.3) is 77.5 Å². The number of aromatic nitrogens is 1. The molecule has 10 aromatic rings. The van der Waals surface area contributed by atoms with Crippen LogP contribution in [0.4, 0.5) is 17.1 Å². The highest BCUT2D eigenvalue weighted by Gasteiger charge is 2.23. The highest BCUT2D eigenvalue weighted by molar-refractivity contribution is 6.13. The average Bonchev–Trinajstić information content (AvgIpc) is 3.79. The van der Waals surface area contributed by atoms with E-state index in [4.69, 9.17) is 13.8 Å². The zero-order chi connectivity index (χ0) is 33.7. The second kappa shape index (κ2) is 11.9. The summed E-state index contributed by atoms with van der Waals surface area (Å²) in [7, 11) is 0. The lowest BCUT2D eigenvalue weighted by atomic mass is 9.97. The number of oxazole rings is 1. The van der Waals surface area contributed by atoms with Gasteiger partial charge in [-0.05, 0) is 69.9 Å². The molecule has 0 radical (unpaired) electrons. The van der Waals surface area contributed by atoms with Crippen molar-refractivity contribution < 1.29 is 8.83 Å². The Bertz CT molecular complexity index is 2850. The topological polar surface area (TPSA) is 42.4 Å². The maximum atomic E-state index is 6.79. The fraction of sp³-hybridized carbons (Fsp3) is 0. The van der Waals surface area contributed by atoms with Crippen molar-refractivity contribution in [2.45, 2.75) is 0 Å². The number of hydrogen-bond acceptors (Lipinski definition) is 4. The highest BCUT2D eigenvalue weighted by Crippen LogP contribution is 2.46. The molecule has 0 fully saturated rings. The number of nitrogens with zero attached hydrogens (tertiary/aromatic N) is 2. The summed E-state index contributed by atoms with van der Waals surface area (Å²) >= 11 is 0. The van der Waals surface area contributed by atoms with Gasteiger partial charge < -0.3 is 13.7 Å². The van der Waals surface area contributed by atoms with Gasteiger partial charge in [0, 0.05) is 33.7 Å². The van der Waals surface area contributed by atoms with E-state index in [0.29, 0.717) is 5.89 Å². The number of furan rings is 1. The smallest absolute Gasteiger partial charge is 0.227 e. The quantitative estimate of drug-likeness (QED) is 0.179. The van der Waals surface area contributed by atoms with Gasteiger partial charge in [-0.25, -0.2) is 4.98 Å². The minimum atomic E-state index is 0.596. The molecular weight excluding hydrogens is 625 g/mol. The first-order valence-corrected chi connectivity index (χ1v) is 17.1. The van der Waals surface area contributed by atoms with Crippen molar-refractivity contribution in [1.29, 1.82) is 0 Å². The molecule has 2 aromatic heterocycles. The molecule has 4 heteroatoms. The molecule has 0 bridgehead atoms. The van der Waals surface area contributed by atoms with Crippen LogP contribution in [0, 0.1) is 0 Å². The van der Waals surface area contributed by atoms with Gasteiger partial charge >= 0.3 is 0 Å². The summed E-state index contributed by atoms with van der Waals surface area (Å²) in [5.74, 6) is 0.596. The lowest BCUT2D eigenvalue weighted by Crippen LogP contribution is -2.11. The Kier molecular flexibility index (Phi) is 6.78. The lowest BCUT2D eigenvalue weighted by molar-refractivity contribution is 0.620. The minimum Gasteiger partial charge on any atom is -0.454 e. The summed E-state index contributed by atoms with van der Waals surface area (Å²) in [6.07, 6.45) is 0. The summed E-state index contributed by atoms with van der Waals surface area (Å²) in [5.41, 5.74) is 11.7. The van der Waals surface area contributed by atoms with Crippen molar-refractivity contribution in [3.05, 3.63) is 182 Å². The molecular formula is C47H30N2O2. The Hall–Kier alpha value is -6.91. The molecule has 0 saturated carbocycles. The van der Waals surface area contributed by atoms with Crippen molar-refractivity contribution in [2.75, 3.05) is 4.90 Å². The van der Waals surface area contributed by atoms with Gasteiger partial charge in [-0.15, -0.1) is 0 Å². The first kappa shape index (κ1) is 29.0. The maximum absolute atomic E-state index is 6.79.